The third kappa shape index (κ3) is 4.64. The second kappa shape index (κ2) is 11.8. The minimum absolute atomic E-state index is 0.115. The molecule has 0 bridgehead atoms. The average Bonchev–Trinajstić information content (AvgIpc) is 3.66. The fourth-order valence-corrected chi connectivity index (χ4v) is 8.19. The van der Waals surface area contributed by atoms with Crippen molar-refractivity contribution in [3.05, 3.63) is 194 Å². The van der Waals surface area contributed by atoms with Gasteiger partial charge in [0.2, 0.25) is 0 Å². The molecule has 1 heterocycles. The molecular formula is C52H32O. The number of furan rings is 1. The molecule has 1 aromatic heterocycles. The van der Waals surface area contributed by atoms with Gasteiger partial charge in [0.15, 0.2) is 0 Å². The van der Waals surface area contributed by atoms with Crippen LogP contribution in [-0.4, -0.2) is 0 Å². The lowest BCUT2D eigenvalue weighted by molar-refractivity contribution is 0.670. The van der Waals surface area contributed by atoms with Crippen LogP contribution >= 0.6 is 0 Å². The molecule has 0 radical (unpaired) electrons. The maximum atomic E-state index is 9.85. The van der Waals surface area contributed by atoms with E-state index < -0.39 is 6.04 Å². The van der Waals surface area contributed by atoms with E-state index in [0.717, 1.165) is 70.9 Å². The number of para-hydroxylation sites is 1. The van der Waals surface area contributed by atoms with Gasteiger partial charge in [0.25, 0.3) is 0 Å². The molecule has 11 rings (SSSR count). The van der Waals surface area contributed by atoms with Gasteiger partial charge in [-0.25, -0.2) is 0 Å². The van der Waals surface area contributed by atoms with Crippen LogP contribution in [0.1, 0.15) is 8.22 Å². The Hall–Kier alpha value is -6.96. The SMILES string of the molecule is [2H]c1c([2H])c([2H])c2c(-c3c4ccccc4c(-c4ccccc4)c4ccccc34)c([2H])c([2H])c(-c3ccc4oc5c(-c6ccc7ccccc7c6)cccc5c4c3)c2c1[2H]. The normalized spacial score (nSPS) is 13.4. The molecule has 10 aromatic carbocycles. The minimum Gasteiger partial charge on any atom is -0.455 e. The highest BCUT2D eigenvalue weighted by Gasteiger charge is 2.20. The topological polar surface area (TPSA) is 13.1 Å². The smallest absolute Gasteiger partial charge is 0.143 e. The third-order valence-corrected chi connectivity index (χ3v) is 10.6. The molecule has 0 aliphatic rings. The highest BCUT2D eigenvalue weighted by molar-refractivity contribution is 6.24. The Morgan fingerprint density at radius 2 is 0.925 bits per heavy atom. The molecule has 0 aliphatic heterocycles. The van der Waals surface area contributed by atoms with Crippen molar-refractivity contribution < 1.29 is 12.6 Å². The molecule has 0 fully saturated rings. The van der Waals surface area contributed by atoms with Crippen LogP contribution in [0.5, 0.6) is 0 Å². The fourth-order valence-electron chi connectivity index (χ4n) is 8.19. The van der Waals surface area contributed by atoms with Gasteiger partial charge < -0.3 is 4.42 Å². The Morgan fingerprint density at radius 3 is 1.68 bits per heavy atom. The number of rotatable bonds is 4. The first-order chi connectivity index (χ1) is 28.8. The maximum Gasteiger partial charge on any atom is 0.143 e. The average molecular weight is 679 g/mol. The molecule has 0 spiro atoms. The Labute approximate surface area is 315 Å². The van der Waals surface area contributed by atoms with E-state index in [1.807, 2.05) is 103 Å². The second-order valence-corrected chi connectivity index (χ2v) is 13.5. The molecule has 11 aromatic rings. The van der Waals surface area contributed by atoms with Crippen LogP contribution in [0.4, 0.5) is 0 Å². The quantitative estimate of drug-likeness (QED) is 0.169. The van der Waals surface area contributed by atoms with Crippen LogP contribution in [0, 0.1) is 0 Å². The van der Waals surface area contributed by atoms with E-state index in [4.69, 9.17) is 7.16 Å². The molecule has 246 valence electrons. The molecule has 0 N–H and O–H groups in total. The zero-order chi connectivity index (χ0) is 40.1. The molecule has 0 unspecified atom stereocenters. The van der Waals surface area contributed by atoms with Gasteiger partial charge in [0.1, 0.15) is 11.2 Å². The zero-order valence-electron chi connectivity index (χ0n) is 34.4. The molecule has 0 atom stereocenters. The number of fused-ring (bicyclic) bond motifs is 7. The summed E-state index contributed by atoms with van der Waals surface area (Å²) in [5, 5.41) is 7.92. The van der Waals surface area contributed by atoms with Crippen molar-refractivity contribution in [2.45, 2.75) is 0 Å². The Kier molecular flexibility index (Phi) is 5.40. The van der Waals surface area contributed by atoms with Gasteiger partial charge >= 0.3 is 0 Å². The molecule has 0 saturated heterocycles. The van der Waals surface area contributed by atoms with Crippen LogP contribution in [-0.2, 0) is 0 Å². The Morgan fingerprint density at radius 1 is 0.340 bits per heavy atom. The Balaban J connectivity index is 1.21. The lowest BCUT2D eigenvalue weighted by atomic mass is 9.84. The van der Waals surface area contributed by atoms with E-state index in [1.54, 1.807) is 0 Å². The fraction of sp³-hybridized carbons (Fsp3) is 0. The van der Waals surface area contributed by atoms with Gasteiger partial charge in [-0.3, -0.25) is 0 Å². The zero-order valence-corrected chi connectivity index (χ0v) is 28.4. The lowest BCUT2D eigenvalue weighted by Gasteiger charge is -2.19. The maximum absolute atomic E-state index is 9.85. The molecule has 0 aliphatic carbocycles. The summed E-state index contributed by atoms with van der Waals surface area (Å²) in [5.74, 6) is 0. The van der Waals surface area contributed by atoms with Crippen LogP contribution in [0.2, 0.25) is 0 Å². The summed E-state index contributed by atoms with van der Waals surface area (Å²) < 4.78 is 62.8. The first-order valence-corrected chi connectivity index (χ1v) is 17.8. The molecule has 1 nitrogen and oxygen atoms in total. The number of hydrogen-bond acceptors (Lipinski definition) is 1. The summed E-state index contributed by atoms with van der Waals surface area (Å²) >= 11 is 0. The monoisotopic (exact) mass is 678 g/mol. The van der Waals surface area contributed by atoms with Gasteiger partial charge in [-0.2, -0.15) is 0 Å². The number of hydrogen-bond donors (Lipinski definition) is 0. The van der Waals surface area contributed by atoms with E-state index in [-0.39, 0.29) is 46.5 Å². The minimum atomic E-state index is -0.393. The number of benzene rings is 10. The lowest BCUT2D eigenvalue weighted by Crippen LogP contribution is -1.92. The van der Waals surface area contributed by atoms with E-state index in [0.29, 0.717) is 22.3 Å². The van der Waals surface area contributed by atoms with Crippen LogP contribution < -0.4 is 0 Å². The summed E-state index contributed by atoms with van der Waals surface area (Å²) in [5.41, 5.74) is 7.21. The van der Waals surface area contributed by atoms with Crippen molar-refractivity contribution >= 4 is 65.0 Å². The van der Waals surface area contributed by atoms with Crippen LogP contribution in [0.25, 0.3) is 110 Å². The molecule has 0 saturated carbocycles. The first-order valence-electron chi connectivity index (χ1n) is 20.8. The third-order valence-electron chi connectivity index (χ3n) is 10.6. The largest absolute Gasteiger partial charge is 0.455 e. The second-order valence-electron chi connectivity index (χ2n) is 13.5. The van der Waals surface area contributed by atoms with Gasteiger partial charge in [-0.15, -0.1) is 0 Å². The molecule has 53 heavy (non-hydrogen) atoms. The highest BCUT2D eigenvalue weighted by Crippen LogP contribution is 2.47. The van der Waals surface area contributed by atoms with Crippen molar-refractivity contribution in [1.82, 2.24) is 0 Å². The summed E-state index contributed by atoms with van der Waals surface area (Å²) in [6.45, 7) is 0. The summed E-state index contributed by atoms with van der Waals surface area (Å²) in [4.78, 5) is 0. The van der Waals surface area contributed by atoms with E-state index in [2.05, 4.69) is 54.6 Å². The van der Waals surface area contributed by atoms with Crippen molar-refractivity contribution in [2.75, 3.05) is 0 Å². The van der Waals surface area contributed by atoms with Crippen LogP contribution in [0.15, 0.2) is 198 Å². The standard InChI is InChI=1S/C52H32O/c1-2-14-34(15-3-1)50-42-19-8-10-21-44(42)51(45-22-11-9-20-43(45)50)46-29-28-38(40-17-6-7-18-41(40)46)37-27-30-49-48(32-37)47-24-12-23-39(52(47)53-49)36-26-25-33-13-4-5-16-35(33)31-36/h1-32H/i6D,7D,17D,18D,28D,29D. The van der Waals surface area contributed by atoms with E-state index in [9.17, 15) is 5.48 Å². The molecule has 1 heteroatoms. The summed E-state index contributed by atoms with van der Waals surface area (Å²) in [6, 6.07) is 50.9. The summed E-state index contributed by atoms with van der Waals surface area (Å²) in [6.07, 6.45) is 0. The first kappa shape index (κ1) is 24.3. The van der Waals surface area contributed by atoms with Crippen molar-refractivity contribution in [2.24, 2.45) is 0 Å². The van der Waals surface area contributed by atoms with Gasteiger partial charge in [-0.1, -0.05) is 176 Å². The van der Waals surface area contributed by atoms with Gasteiger partial charge in [-0.05, 0) is 100 Å². The van der Waals surface area contributed by atoms with Crippen molar-refractivity contribution in [3.8, 4) is 44.5 Å². The van der Waals surface area contributed by atoms with Gasteiger partial charge in [0, 0.05) is 16.3 Å². The predicted octanol–water partition coefficient (Wildman–Crippen LogP) is 14.9. The van der Waals surface area contributed by atoms with Crippen molar-refractivity contribution in [3.63, 3.8) is 0 Å². The Bertz CT molecular complexity index is 3510. The van der Waals surface area contributed by atoms with Gasteiger partial charge in [0.05, 0.1) is 8.22 Å². The highest BCUT2D eigenvalue weighted by atomic mass is 16.3. The van der Waals surface area contributed by atoms with Crippen molar-refractivity contribution in [1.29, 1.82) is 0 Å². The summed E-state index contributed by atoms with van der Waals surface area (Å²) in [7, 11) is 0. The van der Waals surface area contributed by atoms with Crippen LogP contribution in [0.3, 0.4) is 0 Å². The van der Waals surface area contributed by atoms with E-state index in [1.165, 1.54) is 0 Å². The van der Waals surface area contributed by atoms with E-state index >= 15 is 0 Å². The molecule has 0 amide bonds. The predicted molar refractivity (Wildman–Crippen MR) is 225 cm³/mol. The molecular weight excluding hydrogens is 641 g/mol.